The van der Waals surface area contributed by atoms with E-state index in [0.29, 0.717) is 30.2 Å². The first kappa shape index (κ1) is 17.4. The Balaban J connectivity index is 1.90. The fourth-order valence-electron chi connectivity index (χ4n) is 2.31. The van der Waals surface area contributed by atoms with Crippen molar-refractivity contribution in [1.82, 2.24) is 0 Å². The average Bonchev–Trinajstić information content (AvgIpc) is 2.52. The zero-order chi connectivity index (χ0) is 16.8. The minimum absolute atomic E-state index is 0.250. The number of carbonyl (C=O) groups excluding carboxylic acids is 1. The molecule has 3 nitrogen and oxygen atoms in total. The zero-order valence-corrected chi connectivity index (χ0v) is 14.4. The summed E-state index contributed by atoms with van der Waals surface area (Å²) in [7, 11) is 0. The van der Waals surface area contributed by atoms with Gasteiger partial charge < -0.3 is 9.47 Å². The van der Waals surface area contributed by atoms with Crippen LogP contribution >= 0.6 is 11.6 Å². The van der Waals surface area contributed by atoms with Crippen LogP contribution in [0.5, 0.6) is 11.5 Å². The van der Waals surface area contributed by atoms with Crippen LogP contribution in [0.4, 0.5) is 0 Å². The first-order valence-corrected chi connectivity index (χ1v) is 8.06. The van der Waals surface area contributed by atoms with Crippen LogP contribution in [0.1, 0.15) is 30.0 Å². The number of halogens is 1. The lowest BCUT2D eigenvalue weighted by Gasteiger charge is -2.09. The van der Waals surface area contributed by atoms with Crippen LogP contribution in [0.2, 0.25) is 5.02 Å². The van der Waals surface area contributed by atoms with Crippen molar-refractivity contribution in [3.05, 3.63) is 58.1 Å². The van der Waals surface area contributed by atoms with Crippen LogP contribution in [-0.4, -0.2) is 12.6 Å². The summed E-state index contributed by atoms with van der Waals surface area (Å²) in [5, 5.41) is 0.708. The fourth-order valence-corrected chi connectivity index (χ4v) is 2.42. The van der Waals surface area contributed by atoms with Gasteiger partial charge in [-0.05, 0) is 68.1 Å². The molecule has 0 atom stereocenters. The number of rotatable bonds is 6. The monoisotopic (exact) mass is 332 g/mol. The lowest BCUT2D eigenvalue weighted by molar-refractivity contribution is -0.134. The maximum absolute atomic E-state index is 12.0. The molecule has 2 aromatic rings. The van der Waals surface area contributed by atoms with E-state index in [1.54, 1.807) is 12.1 Å². The van der Waals surface area contributed by atoms with Crippen molar-refractivity contribution >= 4 is 17.6 Å². The summed E-state index contributed by atoms with van der Waals surface area (Å²) < 4.78 is 10.8. The molecular formula is C19H21ClO3. The van der Waals surface area contributed by atoms with Crippen molar-refractivity contribution in [2.75, 3.05) is 6.61 Å². The molecule has 2 aromatic carbocycles. The van der Waals surface area contributed by atoms with Crippen molar-refractivity contribution < 1.29 is 14.3 Å². The van der Waals surface area contributed by atoms with E-state index in [0.717, 1.165) is 22.4 Å². The van der Waals surface area contributed by atoms with Crippen molar-refractivity contribution in [1.29, 1.82) is 0 Å². The van der Waals surface area contributed by atoms with Gasteiger partial charge in [-0.1, -0.05) is 23.7 Å². The molecule has 0 unspecified atom stereocenters. The van der Waals surface area contributed by atoms with Crippen molar-refractivity contribution in [3.8, 4) is 11.5 Å². The first-order chi connectivity index (χ1) is 11.0. The van der Waals surface area contributed by atoms with Crippen LogP contribution < -0.4 is 9.47 Å². The summed E-state index contributed by atoms with van der Waals surface area (Å²) in [4.78, 5) is 12.0. The Hall–Kier alpha value is -2.00. The topological polar surface area (TPSA) is 35.5 Å². The number of hydrogen-bond donors (Lipinski definition) is 0. The van der Waals surface area contributed by atoms with E-state index in [9.17, 15) is 4.79 Å². The highest BCUT2D eigenvalue weighted by atomic mass is 35.5. The van der Waals surface area contributed by atoms with Gasteiger partial charge in [0.25, 0.3) is 0 Å². The summed E-state index contributed by atoms with van der Waals surface area (Å²) >= 11 is 6.11. The molecule has 0 bridgehead atoms. The largest absolute Gasteiger partial charge is 0.494 e. The molecule has 0 fully saturated rings. The van der Waals surface area contributed by atoms with Gasteiger partial charge in [0.1, 0.15) is 11.5 Å². The number of hydrogen-bond acceptors (Lipinski definition) is 3. The van der Waals surface area contributed by atoms with Gasteiger partial charge >= 0.3 is 5.97 Å². The Labute approximate surface area is 142 Å². The molecule has 0 N–H and O–H groups in total. The number of aryl methyl sites for hydroxylation is 3. The van der Waals surface area contributed by atoms with Gasteiger partial charge in [-0.25, -0.2) is 0 Å². The molecule has 122 valence electrons. The predicted molar refractivity (Wildman–Crippen MR) is 92.5 cm³/mol. The number of esters is 1. The smallest absolute Gasteiger partial charge is 0.311 e. The third-order valence-corrected chi connectivity index (χ3v) is 4.09. The SMILES string of the molecule is CCOc1ccc(CCC(=O)Oc2cc(C)c(Cl)c(C)c2)cc1. The van der Waals surface area contributed by atoms with Gasteiger partial charge in [0.05, 0.1) is 6.61 Å². The highest BCUT2D eigenvalue weighted by molar-refractivity contribution is 6.32. The second-order valence-corrected chi connectivity index (χ2v) is 5.80. The van der Waals surface area contributed by atoms with Crippen LogP contribution in [0, 0.1) is 13.8 Å². The van der Waals surface area contributed by atoms with Crippen LogP contribution in [-0.2, 0) is 11.2 Å². The molecular weight excluding hydrogens is 312 g/mol. The van der Waals surface area contributed by atoms with Gasteiger partial charge in [0.2, 0.25) is 0 Å². The zero-order valence-electron chi connectivity index (χ0n) is 13.7. The summed E-state index contributed by atoms with van der Waals surface area (Å²) in [6.07, 6.45) is 0.964. The summed E-state index contributed by atoms with van der Waals surface area (Å²) in [6.45, 7) is 6.38. The van der Waals surface area contributed by atoms with Gasteiger partial charge in [0, 0.05) is 11.4 Å². The molecule has 0 radical (unpaired) electrons. The van der Waals surface area contributed by atoms with E-state index >= 15 is 0 Å². The Bertz CT molecular complexity index is 655. The fraction of sp³-hybridized carbons (Fsp3) is 0.316. The molecule has 23 heavy (non-hydrogen) atoms. The molecule has 0 aromatic heterocycles. The molecule has 0 spiro atoms. The summed E-state index contributed by atoms with van der Waals surface area (Å²) in [5.41, 5.74) is 2.89. The molecule has 4 heteroatoms. The molecule has 0 aliphatic carbocycles. The lowest BCUT2D eigenvalue weighted by Crippen LogP contribution is -2.09. The first-order valence-electron chi connectivity index (χ1n) is 7.68. The molecule has 0 aliphatic heterocycles. The van der Waals surface area contributed by atoms with Crippen molar-refractivity contribution in [2.45, 2.75) is 33.6 Å². The Morgan fingerprint density at radius 2 is 1.65 bits per heavy atom. The molecule has 2 rings (SSSR count). The Kier molecular flexibility index (Phi) is 6.05. The molecule has 0 saturated carbocycles. The number of carbonyl (C=O) groups is 1. The number of benzene rings is 2. The molecule has 0 aliphatic rings. The van der Waals surface area contributed by atoms with Crippen LogP contribution in [0.25, 0.3) is 0 Å². The van der Waals surface area contributed by atoms with E-state index < -0.39 is 0 Å². The average molecular weight is 333 g/mol. The van der Waals surface area contributed by atoms with Crippen LogP contribution in [0.15, 0.2) is 36.4 Å². The van der Waals surface area contributed by atoms with Gasteiger partial charge in [0.15, 0.2) is 0 Å². The van der Waals surface area contributed by atoms with Crippen molar-refractivity contribution in [2.24, 2.45) is 0 Å². The molecule has 0 saturated heterocycles. The Morgan fingerprint density at radius 1 is 1.04 bits per heavy atom. The second kappa shape index (κ2) is 8.02. The van der Waals surface area contributed by atoms with Gasteiger partial charge in [-0.15, -0.1) is 0 Å². The molecule has 0 amide bonds. The predicted octanol–water partition coefficient (Wildman–Crippen LogP) is 4.89. The maximum atomic E-state index is 12.0. The quantitative estimate of drug-likeness (QED) is 0.558. The highest BCUT2D eigenvalue weighted by Gasteiger charge is 2.09. The Morgan fingerprint density at radius 3 is 2.22 bits per heavy atom. The third kappa shape index (κ3) is 5.00. The molecule has 0 heterocycles. The van der Waals surface area contributed by atoms with E-state index in [2.05, 4.69) is 0 Å². The van der Waals surface area contributed by atoms with Crippen molar-refractivity contribution in [3.63, 3.8) is 0 Å². The normalized spacial score (nSPS) is 10.4. The minimum Gasteiger partial charge on any atom is -0.494 e. The third-order valence-electron chi connectivity index (χ3n) is 3.49. The van der Waals surface area contributed by atoms with Gasteiger partial charge in [-0.3, -0.25) is 4.79 Å². The lowest BCUT2D eigenvalue weighted by atomic mass is 10.1. The maximum Gasteiger partial charge on any atom is 0.311 e. The minimum atomic E-state index is -0.250. The highest BCUT2D eigenvalue weighted by Crippen LogP contribution is 2.26. The standard InChI is InChI=1S/C19H21ClO3/c1-4-22-16-8-5-15(6-9-16)7-10-18(21)23-17-11-13(2)19(20)14(3)12-17/h5-6,8-9,11-12H,4,7,10H2,1-3H3. The van der Waals surface area contributed by atoms with E-state index in [1.807, 2.05) is 45.0 Å². The van der Waals surface area contributed by atoms with E-state index in [4.69, 9.17) is 21.1 Å². The second-order valence-electron chi connectivity index (χ2n) is 5.42. The van der Waals surface area contributed by atoms with E-state index in [-0.39, 0.29) is 5.97 Å². The number of ether oxygens (including phenoxy) is 2. The van der Waals surface area contributed by atoms with E-state index in [1.165, 1.54) is 0 Å². The summed E-state index contributed by atoms with van der Waals surface area (Å²) in [5.74, 6) is 1.13. The van der Waals surface area contributed by atoms with Gasteiger partial charge in [-0.2, -0.15) is 0 Å². The summed E-state index contributed by atoms with van der Waals surface area (Å²) in [6, 6.07) is 11.3. The van der Waals surface area contributed by atoms with Crippen LogP contribution in [0.3, 0.4) is 0 Å².